The first kappa shape index (κ1) is 14.9. The Morgan fingerprint density at radius 2 is 1.73 bits per heavy atom. The number of nitrogens with zero attached hydrogens (tertiary/aromatic N) is 3. The van der Waals surface area contributed by atoms with Gasteiger partial charge >= 0.3 is 0 Å². The van der Waals surface area contributed by atoms with Crippen LogP contribution in [0.5, 0.6) is 0 Å². The molecule has 0 atom stereocenters. The Labute approximate surface area is 135 Å². The van der Waals surface area contributed by atoms with Gasteiger partial charge in [0.2, 0.25) is 0 Å². The van der Waals surface area contributed by atoms with Gasteiger partial charge in [0, 0.05) is 16.5 Å². The normalized spacial score (nSPS) is 11.1. The monoisotopic (exact) mass is 309 g/mol. The summed E-state index contributed by atoms with van der Waals surface area (Å²) in [5.41, 5.74) is 3.41. The summed E-state index contributed by atoms with van der Waals surface area (Å²) in [4.78, 5) is 0. The van der Waals surface area contributed by atoms with E-state index in [-0.39, 0.29) is 0 Å². The summed E-state index contributed by atoms with van der Waals surface area (Å²) >= 11 is 1.73. The molecule has 0 saturated heterocycles. The number of rotatable bonds is 4. The van der Waals surface area contributed by atoms with Gasteiger partial charge in [0.25, 0.3) is 0 Å². The van der Waals surface area contributed by atoms with Crippen LogP contribution in [0, 0.1) is 6.92 Å². The van der Waals surface area contributed by atoms with Crippen LogP contribution in [0.4, 0.5) is 0 Å². The molecule has 3 rings (SSSR count). The molecule has 1 aromatic heterocycles. The fourth-order valence-electron chi connectivity index (χ4n) is 2.33. The van der Waals surface area contributed by atoms with E-state index in [1.54, 1.807) is 11.8 Å². The second-order valence-electron chi connectivity index (χ2n) is 5.51. The van der Waals surface area contributed by atoms with Gasteiger partial charge < -0.3 is 0 Å². The van der Waals surface area contributed by atoms with Crippen LogP contribution in [0.2, 0.25) is 0 Å². The Kier molecular flexibility index (Phi) is 4.29. The van der Waals surface area contributed by atoms with Crippen molar-refractivity contribution in [3.8, 4) is 17.1 Å². The molecule has 3 nitrogen and oxygen atoms in total. The van der Waals surface area contributed by atoms with E-state index in [0.717, 1.165) is 22.2 Å². The van der Waals surface area contributed by atoms with Gasteiger partial charge in [-0.2, -0.15) is 0 Å². The van der Waals surface area contributed by atoms with Crippen molar-refractivity contribution >= 4 is 11.8 Å². The molecule has 0 spiro atoms. The van der Waals surface area contributed by atoms with E-state index in [2.05, 4.69) is 71.9 Å². The molecule has 0 aliphatic heterocycles. The summed E-state index contributed by atoms with van der Waals surface area (Å²) in [6.45, 7) is 6.44. The van der Waals surface area contributed by atoms with E-state index in [1.165, 1.54) is 5.56 Å². The molecule has 3 aromatic rings. The Morgan fingerprint density at radius 3 is 2.41 bits per heavy atom. The SMILES string of the molecule is Cc1cccc(-n2c(SC(C)C)nnc2-c2ccccc2)c1. The standard InChI is InChI=1S/C18H19N3S/c1-13(2)22-18-20-19-17(15-9-5-4-6-10-15)21(18)16-11-7-8-14(3)12-16/h4-13H,1-3H3. The zero-order valence-electron chi connectivity index (χ0n) is 13.0. The maximum atomic E-state index is 4.44. The smallest absolute Gasteiger partial charge is 0.196 e. The van der Waals surface area contributed by atoms with Crippen LogP contribution < -0.4 is 0 Å². The number of thioether (sulfide) groups is 1. The Hall–Kier alpha value is -2.07. The zero-order chi connectivity index (χ0) is 15.5. The summed E-state index contributed by atoms with van der Waals surface area (Å²) in [7, 11) is 0. The van der Waals surface area contributed by atoms with Crippen molar-refractivity contribution in [1.82, 2.24) is 14.8 Å². The van der Waals surface area contributed by atoms with E-state index in [4.69, 9.17) is 0 Å². The van der Waals surface area contributed by atoms with Crippen LogP contribution in [0.15, 0.2) is 59.8 Å². The Balaban J connectivity index is 2.17. The zero-order valence-corrected chi connectivity index (χ0v) is 13.8. The largest absolute Gasteiger partial charge is 0.270 e. The second kappa shape index (κ2) is 6.36. The molecule has 0 saturated carbocycles. The topological polar surface area (TPSA) is 30.7 Å². The quantitative estimate of drug-likeness (QED) is 0.652. The molecule has 0 fully saturated rings. The van der Waals surface area contributed by atoms with Crippen molar-refractivity contribution in [1.29, 1.82) is 0 Å². The summed E-state index contributed by atoms with van der Waals surface area (Å²) in [5, 5.41) is 10.2. The molecular weight excluding hydrogens is 290 g/mol. The van der Waals surface area contributed by atoms with Crippen molar-refractivity contribution < 1.29 is 0 Å². The minimum Gasteiger partial charge on any atom is -0.270 e. The molecule has 0 aliphatic rings. The third kappa shape index (κ3) is 3.07. The summed E-state index contributed by atoms with van der Waals surface area (Å²) in [6.07, 6.45) is 0. The number of hydrogen-bond donors (Lipinski definition) is 0. The van der Waals surface area contributed by atoms with Crippen LogP contribution in [0.1, 0.15) is 19.4 Å². The van der Waals surface area contributed by atoms with Crippen molar-refractivity contribution in [2.45, 2.75) is 31.2 Å². The number of hydrogen-bond acceptors (Lipinski definition) is 3. The van der Waals surface area contributed by atoms with E-state index < -0.39 is 0 Å². The van der Waals surface area contributed by atoms with Gasteiger partial charge in [-0.15, -0.1) is 10.2 Å². The van der Waals surface area contributed by atoms with Gasteiger partial charge in [-0.3, -0.25) is 4.57 Å². The number of aryl methyl sites for hydroxylation is 1. The van der Waals surface area contributed by atoms with Crippen LogP contribution in [0.25, 0.3) is 17.1 Å². The fourth-order valence-corrected chi connectivity index (χ4v) is 3.14. The molecule has 2 aromatic carbocycles. The molecule has 0 unspecified atom stereocenters. The van der Waals surface area contributed by atoms with Gasteiger partial charge in [0.15, 0.2) is 11.0 Å². The lowest BCUT2D eigenvalue weighted by Gasteiger charge is -2.12. The van der Waals surface area contributed by atoms with Gasteiger partial charge in [0.05, 0.1) is 0 Å². The Bertz CT molecular complexity index is 763. The molecule has 0 radical (unpaired) electrons. The van der Waals surface area contributed by atoms with E-state index in [0.29, 0.717) is 5.25 Å². The van der Waals surface area contributed by atoms with Crippen molar-refractivity contribution in [3.05, 3.63) is 60.2 Å². The van der Waals surface area contributed by atoms with Gasteiger partial charge in [-0.05, 0) is 24.6 Å². The lowest BCUT2D eigenvalue weighted by molar-refractivity contribution is 0.878. The highest BCUT2D eigenvalue weighted by atomic mass is 32.2. The molecule has 0 bridgehead atoms. The Morgan fingerprint density at radius 1 is 0.955 bits per heavy atom. The first-order chi connectivity index (χ1) is 10.6. The maximum absolute atomic E-state index is 4.44. The van der Waals surface area contributed by atoms with Crippen LogP contribution >= 0.6 is 11.8 Å². The van der Waals surface area contributed by atoms with Crippen LogP contribution in [0.3, 0.4) is 0 Å². The predicted molar refractivity (Wildman–Crippen MR) is 92.5 cm³/mol. The van der Waals surface area contributed by atoms with E-state index >= 15 is 0 Å². The average Bonchev–Trinajstić information content (AvgIpc) is 2.91. The molecule has 4 heteroatoms. The van der Waals surface area contributed by atoms with Gasteiger partial charge in [-0.25, -0.2) is 0 Å². The number of aromatic nitrogens is 3. The molecule has 112 valence electrons. The maximum Gasteiger partial charge on any atom is 0.196 e. The fraction of sp³-hybridized carbons (Fsp3) is 0.222. The molecule has 22 heavy (non-hydrogen) atoms. The average molecular weight is 309 g/mol. The van der Waals surface area contributed by atoms with Gasteiger partial charge in [0.1, 0.15) is 0 Å². The number of benzene rings is 2. The highest BCUT2D eigenvalue weighted by molar-refractivity contribution is 7.99. The summed E-state index contributed by atoms with van der Waals surface area (Å²) in [5.74, 6) is 0.884. The second-order valence-corrected chi connectivity index (χ2v) is 7.06. The van der Waals surface area contributed by atoms with Crippen molar-refractivity contribution in [2.75, 3.05) is 0 Å². The van der Waals surface area contributed by atoms with E-state index in [9.17, 15) is 0 Å². The minimum absolute atomic E-state index is 0.455. The minimum atomic E-state index is 0.455. The molecule has 1 heterocycles. The molecular formula is C18H19N3S. The third-order valence-electron chi connectivity index (χ3n) is 3.27. The first-order valence-corrected chi connectivity index (χ1v) is 8.27. The molecule has 0 amide bonds. The lowest BCUT2D eigenvalue weighted by atomic mass is 10.2. The molecule has 0 N–H and O–H groups in total. The van der Waals surface area contributed by atoms with Crippen molar-refractivity contribution in [3.63, 3.8) is 0 Å². The van der Waals surface area contributed by atoms with E-state index in [1.807, 2.05) is 18.2 Å². The summed E-state index contributed by atoms with van der Waals surface area (Å²) < 4.78 is 2.15. The first-order valence-electron chi connectivity index (χ1n) is 7.39. The van der Waals surface area contributed by atoms with Crippen LogP contribution in [-0.4, -0.2) is 20.0 Å². The summed E-state index contributed by atoms with van der Waals surface area (Å²) in [6, 6.07) is 18.7. The highest BCUT2D eigenvalue weighted by Crippen LogP contribution is 2.30. The van der Waals surface area contributed by atoms with Crippen molar-refractivity contribution in [2.24, 2.45) is 0 Å². The predicted octanol–water partition coefficient (Wildman–Crippen LogP) is 4.74. The lowest BCUT2D eigenvalue weighted by Crippen LogP contribution is -2.01. The third-order valence-corrected chi connectivity index (χ3v) is 4.21. The van der Waals surface area contributed by atoms with Gasteiger partial charge in [-0.1, -0.05) is 68.1 Å². The van der Waals surface area contributed by atoms with Crippen LogP contribution in [-0.2, 0) is 0 Å². The molecule has 0 aliphatic carbocycles. The highest BCUT2D eigenvalue weighted by Gasteiger charge is 2.16.